The maximum atomic E-state index is 12.6. The van der Waals surface area contributed by atoms with Crippen LogP contribution in [0.1, 0.15) is 16.2 Å². The third kappa shape index (κ3) is 3.16. The molecule has 0 radical (unpaired) electrons. The van der Waals surface area contributed by atoms with Crippen LogP contribution in [0.15, 0.2) is 54.7 Å². The molecule has 0 aliphatic rings. The van der Waals surface area contributed by atoms with Crippen LogP contribution in [0.5, 0.6) is 5.75 Å². The molecule has 0 saturated heterocycles. The van der Waals surface area contributed by atoms with Gasteiger partial charge in [0, 0.05) is 16.3 Å². The predicted molar refractivity (Wildman–Crippen MR) is 107 cm³/mol. The molecule has 0 bridgehead atoms. The topological polar surface area (TPSA) is 81.4 Å². The van der Waals surface area contributed by atoms with Gasteiger partial charge in [-0.25, -0.2) is 4.52 Å². The highest BCUT2D eigenvalue weighted by Gasteiger charge is 2.19. The number of para-hydroxylation sites is 1. The number of methoxy groups -OCH3 is 1. The Morgan fingerprint density at radius 1 is 1.11 bits per heavy atom. The quantitative estimate of drug-likeness (QED) is 0.566. The van der Waals surface area contributed by atoms with Crippen LogP contribution in [-0.2, 0) is 0 Å². The summed E-state index contributed by atoms with van der Waals surface area (Å²) in [4.78, 5) is 12.6. The minimum Gasteiger partial charge on any atom is -0.496 e. The Morgan fingerprint density at radius 3 is 2.71 bits per heavy atom. The molecular formula is C20H16ClN5O2. The molecule has 2 aromatic carbocycles. The van der Waals surface area contributed by atoms with Crippen molar-refractivity contribution in [1.82, 2.24) is 19.8 Å². The highest BCUT2D eigenvalue weighted by Crippen LogP contribution is 2.32. The molecule has 0 unspecified atom stereocenters. The van der Waals surface area contributed by atoms with Gasteiger partial charge in [-0.3, -0.25) is 4.79 Å². The van der Waals surface area contributed by atoms with E-state index in [0.29, 0.717) is 27.8 Å². The number of hydrogen-bond acceptors (Lipinski definition) is 5. The number of nitrogens with one attached hydrogen (secondary N) is 1. The van der Waals surface area contributed by atoms with Gasteiger partial charge in [-0.05, 0) is 31.2 Å². The Kier molecular flexibility index (Phi) is 4.67. The van der Waals surface area contributed by atoms with E-state index in [9.17, 15) is 4.79 Å². The SMILES string of the molecule is COc1ccccc1-c1cnn2c(C)c(C(=O)Nc3cccc(Cl)c3)nnc12. The standard InChI is InChI=1S/C20H16ClN5O2/c1-12-18(20(27)23-14-7-5-6-13(21)10-14)24-25-19-16(11-22-26(12)19)15-8-3-4-9-17(15)28-2/h3-11H,1-2H3,(H,23,27). The Hall–Kier alpha value is -3.45. The van der Waals surface area contributed by atoms with Gasteiger partial charge in [0.2, 0.25) is 0 Å². The molecule has 28 heavy (non-hydrogen) atoms. The summed E-state index contributed by atoms with van der Waals surface area (Å²) >= 11 is 5.97. The molecule has 4 aromatic rings. The number of carbonyl (C=O) groups is 1. The van der Waals surface area contributed by atoms with E-state index in [2.05, 4.69) is 20.6 Å². The third-order valence-corrected chi connectivity index (χ3v) is 4.58. The zero-order valence-corrected chi connectivity index (χ0v) is 15.9. The number of aryl methyl sites for hydroxylation is 1. The molecular weight excluding hydrogens is 378 g/mol. The normalized spacial score (nSPS) is 10.8. The van der Waals surface area contributed by atoms with E-state index in [1.165, 1.54) is 0 Å². The lowest BCUT2D eigenvalue weighted by molar-refractivity contribution is 0.102. The molecule has 0 aliphatic carbocycles. The molecule has 2 aromatic heterocycles. The first-order valence-electron chi connectivity index (χ1n) is 8.50. The van der Waals surface area contributed by atoms with E-state index in [-0.39, 0.29) is 11.6 Å². The molecule has 0 saturated carbocycles. The van der Waals surface area contributed by atoms with Gasteiger partial charge in [-0.1, -0.05) is 35.9 Å². The summed E-state index contributed by atoms with van der Waals surface area (Å²) in [5, 5.41) is 16.1. The second kappa shape index (κ2) is 7.28. The average Bonchev–Trinajstić information content (AvgIpc) is 3.13. The number of aromatic nitrogens is 4. The third-order valence-electron chi connectivity index (χ3n) is 4.34. The van der Waals surface area contributed by atoms with Gasteiger partial charge in [-0.2, -0.15) is 5.10 Å². The molecule has 140 valence electrons. The summed E-state index contributed by atoms with van der Waals surface area (Å²) in [5.41, 5.74) is 3.50. The molecule has 1 amide bonds. The monoisotopic (exact) mass is 393 g/mol. The number of amides is 1. The molecule has 0 atom stereocenters. The second-order valence-electron chi connectivity index (χ2n) is 6.09. The van der Waals surface area contributed by atoms with Crippen molar-refractivity contribution in [3.05, 3.63) is 71.1 Å². The average molecular weight is 394 g/mol. The number of fused-ring (bicyclic) bond motifs is 1. The van der Waals surface area contributed by atoms with E-state index in [1.807, 2.05) is 24.3 Å². The first-order chi connectivity index (χ1) is 13.6. The molecule has 8 heteroatoms. The van der Waals surface area contributed by atoms with Crippen LogP contribution in [0, 0.1) is 6.92 Å². The molecule has 0 fully saturated rings. The van der Waals surface area contributed by atoms with Crippen molar-refractivity contribution in [3.8, 4) is 16.9 Å². The number of rotatable bonds is 4. The first-order valence-corrected chi connectivity index (χ1v) is 8.87. The van der Waals surface area contributed by atoms with E-state index in [4.69, 9.17) is 16.3 Å². The fraction of sp³-hybridized carbons (Fsp3) is 0.100. The fourth-order valence-corrected chi connectivity index (χ4v) is 3.17. The lowest BCUT2D eigenvalue weighted by atomic mass is 10.1. The number of nitrogens with zero attached hydrogens (tertiary/aromatic N) is 4. The summed E-state index contributed by atoms with van der Waals surface area (Å²) in [6, 6.07) is 14.5. The van der Waals surface area contributed by atoms with Gasteiger partial charge in [0.15, 0.2) is 11.3 Å². The molecule has 4 rings (SSSR count). The Labute approximate surface area is 165 Å². The number of benzene rings is 2. The minimum absolute atomic E-state index is 0.183. The fourth-order valence-electron chi connectivity index (χ4n) is 2.98. The second-order valence-corrected chi connectivity index (χ2v) is 6.53. The van der Waals surface area contributed by atoms with E-state index >= 15 is 0 Å². The van der Waals surface area contributed by atoms with Gasteiger partial charge < -0.3 is 10.1 Å². The van der Waals surface area contributed by atoms with Gasteiger partial charge >= 0.3 is 0 Å². The van der Waals surface area contributed by atoms with Crippen molar-refractivity contribution in [2.45, 2.75) is 6.92 Å². The van der Waals surface area contributed by atoms with Crippen molar-refractivity contribution in [2.75, 3.05) is 12.4 Å². The first kappa shape index (κ1) is 17.9. The van der Waals surface area contributed by atoms with Crippen molar-refractivity contribution < 1.29 is 9.53 Å². The highest BCUT2D eigenvalue weighted by molar-refractivity contribution is 6.30. The minimum atomic E-state index is -0.386. The summed E-state index contributed by atoms with van der Waals surface area (Å²) in [7, 11) is 1.61. The van der Waals surface area contributed by atoms with Crippen LogP contribution in [0.4, 0.5) is 5.69 Å². The summed E-state index contributed by atoms with van der Waals surface area (Å²) in [6.07, 6.45) is 1.69. The largest absolute Gasteiger partial charge is 0.496 e. The van der Waals surface area contributed by atoms with Crippen LogP contribution in [0.25, 0.3) is 16.8 Å². The van der Waals surface area contributed by atoms with Crippen LogP contribution in [-0.4, -0.2) is 32.8 Å². The van der Waals surface area contributed by atoms with Gasteiger partial charge in [0.25, 0.3) is 5.91 Å². The maximum absolute atomic E-state index is 12.6. The lowest BCUT2D eigenvalue weighted by Crippen LogP contribution is -2.18. The van der Waals surface area contributed by atoms with Crippen LogP contribution in [0.2, 0.25) is 5.02 Å². The Balaban J connectivity index is 1.73. The van der Waals surface area contributed by atoms with Gasteiger partial charge in [-0.15, -0.1) is 10.2 Å². The molecule has 1 N–H and O–H groups in total. The van der Waals surface area contributed by atoms with Crippen LogP contribution in [0.3, 0.4) is 0 Å². The van der Waals surface area contributed by atoms with Crippen molar-refractivity contribution >= 4 is 28.8 Å². The lowest BCUT2D eigenvalue weighted by Gasteiger charge is -2.09. The smallest absolute Gasteiger partial charge is 0.278 e. The van der Waals surface area contributed by atoms with Crippen LogP contribution < -0.4 is 10.1 Å². The van der Waals surface area contributed by atoms with Gasteiger partial charge in [0.05, 0.1) is 24.6 Å². The molecule has 7 nitrogen and oxygen atoms in total. The molecule has 0 spiro atoms. The molecule has 2 heterocycles. The van der Waals surface area contributed by atoms with Crippen molar-refractivity contribution in [1.29, 1.82) is 0 Å². The molecule has 0 aliphatic heterocycles. The van der Waals surface area contributed by atoms with Crippen molar-refractivity contribution in [2.24, 2.45) is 0 Å². The number of halogens is 1. The Morgan fingerprint density at radius 2 is 1.93 bits per heavy atom. The van der Waals surface area contributed by atoms with E-state index in [0.717, 1.165) is 11.1 Å². The maximum Gasteiger partial charge on any atom is 0.278 e. The number of hydrogen-bond donors (Lipinski definition) is 1. The zero-order chi connectivity index (χ0) is 19.7. The van der Waals surface area contributed by atoms with E-state index in [1.54, 1.807) is 49.0 Å². The highest BCUT2D eigenvalue weighted by atomic mass is 35.5. The van der Waals surface area contributed by atoms with Crippen molar-refractivity contribution in [3.63, 3.8) is 0 Å². The van der Waals surface area contributed by atoms with E-state index < -0.39 is 0 Å². The predicted octanol–water partition coefficient (Wildman–Crippen LogP) is 4.01. The Bertz CT molecular complexity index is 1190. The number of anilines is 1. The summed E-state index contributed by atoms with van der Waals surface area (Å²) < 4.78 is 7.03. The number of ether oxygens (including phenoxy) is 1. The number of carbonyl (C=O) groups excluding carboxylic acids is 1. The summed E-state index contributed by atoms with van der Waals surface area (Å²) in [6.45, 7) is 1.77. The van der Waals surface area contributed by atoms with Gasteiger partial charge in [0.1, 0.15) is 5.75 Å². The summed E-state index contributed by atoms with van der Waals surface area (Å²) in [5.74, 6) is 0.322. The van der Waals surface area contributed by atoms with Crippen LogP contribution >= 0.6 is 11.6 Å². The zero-order valence-electron chi connectivity index (χ0n) is 15.2.